The molecule has 0 fully saturated rings. The van der Waals surface area contributed by atoms with Gasteiger partial charge in [0, 0.05) is 24.8 Å². The van der Waals surface area contributed by atoms with Crippen molar-refractivity contribution in [3.63, 3.8) is 0 Å². The van der Waals surface area contributed by atoms with Crippen molar-refractivity contribution in [3.8, 4) is 23.1 Å². The molecule has 31 heavy (non-hydrogen) atoms. The molecular formula is C22H20N6O2S. The molecule has 156 valence electrons. The van der Waals surface area contributed by atoms with Gasteiger partial charge in [-0.2, -0.15) is 4.98 Å². The second-order valence-corrected chi connectivity index (χ2v) is 8.16. The van der Waals surface area contributed by atoms with Gasteiger partial charge in [0.2, 0.25) is 17.6 Å². The Labute approximate surface area is 183 Å². The van der Waals surface area contributed by atoms with E-state index in [1.807, 2.05) is 60.5 Å². The first-order valence-corrected chi connectivity index (χ1v) is 11.0. The maximum atomic E-state index is 12.9. The Bertz CT molecular complexity index is 1220. The number of carbonyl (C=O) groups excluding carboxylic acids is 1. The number of nitrogens with zero attached hydrogens (tertiary/aromatic N) is 6. The zero-order chi connectivity index (χ0) is 21.2. The lowest BCUT2D eigenvalue weighted by Crippen LogP contribution is -2.36. The summed E-state index contributed by atoms with van der Waals surface area (Å²) in [5.74, 6) is 1.59. The summed E-state index contributed by atoms with van der Waals surface area (Å²) >= 11 is 1.35. The fraction of sp³-hybridized carbons (Fsp3) is 0.227. The molecule has 3 heterocycles. The van der Waals surface area contributed by atoms with Gasteiger partial charge in [0.05, 0.1) is 5.75 Å². The van der Waals surface area contributed by atoms with Crippen LogP contribution in [0.15, 0.2) is 64.3 Å². The SMILES string of the molecule is Cn1c(SCC(=O)N2CCCc3ccccc32)nnc1-c1nc(-c2ccccc2)no1. The Balaban J connectivity index is 1.29. The van der Waals surface area contributed by atoms with E-state index in [1.54, 1.807) is 4.57 Å². The quantitative estimate of drug-likeness (QED) is 0.445. The van der Waals surface area contributed by atoms with Crippen molar-refractivity contribution in [2.75, 3.05) is 17.2 Å². The number of amides is 1. The maximum Gasteiger partial charge on any atom is 0.296 e. The fourth-order valence-corrected chi connectivity index (χ4v) is 4.43. The minimum Gasteiger partial charge on any atom is -0.330 e. The largest absolute Gasteiger partial charge is 0.330 e. The minimum absolute atomic E-state index is 0.0610. The third kappa shape index (κ3) is 3.84. The Morgan fingerprint density at radius 2 is 1.90 bits per heavy atom. The molecule has 0 aliphatic carbocycles. The highest BCUT2D eigenvalue weighted by Crippen LogP contribution is 2.29. The van der Waals surface area contributed by atoms with Gasteiger partial charge in [0.1, 0.15) is 0 Å². The molecule has 1 aliphatic rings. The summed E-state index contributed by atoms with van der Waals surface area (Å²) in [6, 6.07) is 17.7. The van der Waals surface area contributed by atoms with Crippen LogP contribution in [-0.4, -0.2) is 43.1 Å². The zero-order valence-electron chi connectivity index (χ0n) is 16.9. The highest BCUT2D eigenvalue weighted by Gasteiger charge is 2.24. The van der Waals surface area contributed by atoms with Crippen molar-refractivity contribution >= 4 is 23.4 Å². The van der Waals surface area contributed by atoms with Crippen molar-refractivity contribution in [3.05, 3.63) is 60.2 Å². The number of rotatable bonds is 5. The summed E-state index contributed by atoms with van der Waals surface area (Å²) in [5.41, 5.74) is 3.10. The Morgan fingerprint density at radius 1 is 1.10 bits per heavy atom. The van der Waals surface area contributed by atoms with Crippen LogP contribution in [0, 0.1) is 0 Å². The monoisotopic (exact) mass is 432 g/mol. The predicted molar refractivity (Wildman–Crippen MR) is 118 cm³/mol. The molecule has 0 N–H and O–H groups in total. The molecule has 2 aromatic carbocycles. The maximum absolute atomic E-state index is 12.9. The summed E-state index contributed by atoms with van der Waals surface area (Å²) in [7, 11) is 1.82. The van der Waals surface area contributed by atoms with Crippen LogP contribution in [0.5, 0.6) is 0 Å². The fourth-order valence-electron chi connectivity index (χ4n) is 3.64. The highest BCUT2D eigenvalue weighted by atomic mass is 32.2. The molecule has 9 heteroatoms. The molecule has 0 bridgehead atoms. The number of thioether (sulfide) groups is 1. The molecule has 0 unspecified atom stereocenters. The van der Waals surface area contributed by atoms with Crippen molar-refractivity contribution in [1.29, 1.82) is 0 Å². The lowest BCUT2D eigenvalue weighted by molar-refractivity contribution is -0.116. The van der Waals surface area contributed by atoms with Gasteiger partial charge in [0.15, 0.2) is 5.16 Å². The van der Waals surface area contributed by atoms with Crippen LogP contribution in [-0.2, 0) is 18.3 Å². The molecule has 5 rings (SSSR count). The topological polar surface area (TPSA) is 89.9 Å². The predicted octanol–water partition coefficient (Wildman–Crippen LogP) is 3.60. The summed E-state index contributed by atoms with van der Waals surface area (Å²) in [6.07, 6.45) is 1.98. The number of para-hydroxylation sites is 1. The average molecular weight is 433 g/mol. The second-order valence-electron chi connectivity index (χ2n) is 7.22. The van der Waals surface area contributed by atoms with E-state index < -0.39 is 0 Å². The van der Waals surface area contributed by atoms with Crippen molar-refractivity contribution in [2.45, 2.75) is 18.0 Å². The zero-order valence-corrected chi connectivity index (χ0v) is 17.7. The van der Waals surface area contributed by atoms with Crippen LogP contribution in [0.4, 0.5) is 5.69 Å². The summed E-state index contributed by atoms with van der Waals surface area (Å²) in [6.45, 7) is 0.741. The van der Waals surface area contributed by atoms with Crippen LogP contribution in [0.2, 0.25) is 0 Å². The number of carbonyl (C=O) groups is 1. The second kappa shape index (κ2) is 8.35. The smallest absolute Gasteiger partial charge is 0.296 e. The standard InChI is InChI=1S/C22H20N6O2S/c1-27-20(21-23-19(26-30-21)16-9-3-2-4-10-16)24-25-22(27)31-14-18(29)28-13-7-11-15-8-5-6-12-17(15)28/h2-6,8-10,12H,7,11,13-14H2,1H3. The number of anilines is 1. The Hall–Kier alpha value is -3.46. The molecule has 0 atom stereocenters. The van der Waals surface area contributed by atoms with Gasteiger partial charge in [-0.3, -0.25) is 4.79 Å². The van der Waals surface area contributed by atoms with Gasteiger partial charge >= 0.3 is 0 Å². The Morgan fingerprint density at radius 3 is 2.77 bits per heavy atom. The van der Waals surface area contributed by atoms with E-state index in [4.69, 9.17) is 4.52 Å². The third-order valence-electron chi connectivity index (χ3n) is 5.22. The van der Waals surface area contributed by atoms with Crippen molar-refractivity contribution < 1.29 is 9.32 Å². The number of fused-ring (bicyclic) bond motifs is 1. The van der Waals surface area contributed by atoms with E-state index in [0.29, 0.717) is 16.8 Å². The van der Waals surface area contributed by atoms with Crippen molar-refractivity contribution in [1.82, 2.24) is 24.9 Å². The van der Waals surface area contributed by atoms with Gasteiger partial charge in [-0.05, 0) is 24.5 Å². The average Bonchev–Trinajstić information content (AvgIpc) is 3.44. The molecule has 8 nitrogen and oxygen atoms in total. The highest BCUT2D eigenvalue weighted by molar-refractivity contribution is 7.99. The number of hydrogen-bond acceptors (Lipinski definition) is 7. The molecule has 0 saturated carbocycles. The molecule has 0 radical (unpaired) electrons. The van der Waals surface area contributed by atoms with E-state index in [9.17, 15) is 4.79 Å². The molecule has 0 saturated heterocycles. The van der Waals surface area contributed by atoms with Gasteiger partial charge in [-0.1, -0.05) is 65.4 Å². The first-order chi connectivity index (χ1) is 15.2. The normalized spacial score (nSPS) is 13.3. The number of hydrogen-bond donors (Lipinski definition) is 0. The molecular weight excluding hydrogens is 412 g/mol. The number of aromatic nitrogens is 5. The lowest BCUT2D eigenvalue weighted by atomic mass is 10.0. The van der Waals surface area contributed by atoms with Gasteiger partial charge in [-0.15, -0.1) is 10.2 Å². The summed E-state index contributed by atoms with van der Waals surface area (Å²) in [5, 5.41) is 13.1. The van der Waals surface area contributed by atoms with E-state index in [2.05, 4.69) is 26.4 Å². The summed E-state index contributed by atoms with van der Waals surface area (Å²) in [4.78, 5) is 19.2. The molecule has 4 aromatic rings. The first kappa shape index (κ1) is 19.5. The molecule has 1 amide bonds. The van der Waals surface area contributed by atoms with Crippen LogP contribution < -0.4 is 4.90 Å². The molecule has 0 spiro atoms. The van der Waals surface area contributed by atoms with Crippen LogP contribution in [0.25, 0.3) is 23.1 Å². The molecule has 1 aliphatic heterocycles. The van der Waals surface area contributed by atoms with Gasteiger partial charge in [-0.25, -0.2) is 0 Å². The van der Waals surface area contributed by atoms with E-state index in [1.165, 1.54) is 17.3 Å². The van der Waals surface area contributed by atoms with Crippen LogP contribution >= 0.6 is 11.8 Å². The first-order valence-electron chi connectivity index (χ1n) is 10.0. The van der Waals surface area contributed by atoms with E-state index in [0.717, 1.165) is 30.6 Å². The minimum atomic E-state index is 0.0610. The summed E-state index contributed by atoms with van der Waals surface area (Å²) < 4.78 is 7.16. The van der Waals surface area contributed by atoms with Crippen molar-refractivity contribution in [2.24, 2.45) is 7.05 Å². The van der Waals surface area contributed by atoms with E-state index in [-0.39, 0.29) is 17.6 Å². The van der Waals surface area contributed by atoms with E-state index >= 15 is 0 Å². The number of benzene rings is 2. The number of aryl methyl sites for hydroxylation is 1. The Kier molecular flexibility index (Phi) is 5.25. The van der Waals surface area contributed by atoms with Gasteiger partial charge < -0.3 is 14.0 Å². The molecule has 2 aromatic heterocycles. The third-order valence-corrected chi connectivity index (χ3v) is 6.23. The lowest BCUT2D eigenvalue weighted by Gasteiger charge is -2.29. The van der Waals surface area contributed by atoms with Crippen LogP contribution in [0.1, 0.15) is 12.0 Å². The van der Waals surface area contributed by atoms with Gasteiger partial charge in [0.25, 0.3) is 5.89 Å². The van der Waals surface area contributed by atoms with Crippen LogP contribution in [0.3, 0.4) is 0 Å².